The highest BCUT2D eigenvalue weighted by Crippen LogP contribution is 2.64. The normalized spacial score (nSPS) is 32.2. The van der Waals surface area contributed by atoms with Gasteiger partial charge >= 0.3 is 0 Å². The van der Waals surface area contributed by atoms with Crippen LogP contribution in [0.25, 0.3) is 0 Å². The van der Waals surface area contributed by atoms with Gasteiger partial charge in [-0.25, -0.2) is 4.39 Å². The smallest absolute Gasteiger partial charge is 0.128 e. The van der Waals surface area contributed by atoms with Gasteiger partial charge in [-0.15, -0.1) is 0 Å². The first-order chi connectivity index (χ1) is 11.3. The van der Waals surface area contributed by atoms with Crippen LogP contribution in [0.15, 0.2) is 24.3 Å². The Morgan fingerprint density at radius 1 is 1.33 bits per heavy atom. The molecule has 2 fully saturated rings. The van der Waals surface area contributed by atoms with Crippen LogP contribution in [-0.4, -0.2) is 30.4 Å². The van der Waals surface area contributed by atoms with Crippen molar-refractivity contribution in [2.24, 2.45) is 16.7 Å². The van der Waals surface area contributed by atoms with E-state index in [9.17, 15) is 9.50 Å². The number of hydrogen-bond donors (Lipinski definition) is 2. The van der Waals surface area contributed by atoms with E-state index in [0.717, 1.165) is 5.92 Å². The second-order valence-electron chi connectivity index (χ2n) is 8.45. The Bertz CT molecular complexity index is 577. The average molecular weight is 336 g/mol. The van der Waals surface area contributed by atoms with E-state index in [4.69, 9.17) is 4.74 Å². The van der Waals surface area contributed by atoms with E-state index in [1.807, 2.05) is 0 Å². The van der Waals surface area contributed by atoms with Gasteiger partial charge in [0.25, 0.3) is 0 Å². The molecule has 4 atom stereocenters. The summed E-state index contributed by atoms with van der Waals surface area (Å²) in [7, 11) is 0. The molecule has 0 aliphatic heterocycles. The summed E-state index contributed by atoms with van der Waals surface area (Å²) >= 11 is 0. The average Bonchev–Trinajstić information content (AvgIpc) is 2.88. The number of aliphatic hydroxyl groups is 1. The van der Waals surface area contributed by atoms with E-state index in [1.165, 1.54) is 25.3 Å². The van der Waals surface area contributed by atoms with Crippen molar-refractivity contribution in [1.82, 2.24) is 0 Å². The summed E-state index contributed by atoms with van der Waals surface area (Å²) in [6.45, 7) is 8.35. The Balaban J connectivity index is 1.42. The fourth-order valence-electron chi connectivity index (χ4n) is 4.93. The lowest BCUT2D eigenvalue weighted by Gasteiger charge is -2.37. The Morgan fingerprint density at radius 3 is 2.71 bits per heavy atom. The van der Waals surface area contributed by atoms with Crippen LogP contribution in [0.1, 0.15) is 45.6 Å². The highest BCUT2D eigenvalue weighted by Gasteiger charge is 2.63. The van der Waals surface area contributed by atoms with Gasteiger partial charge in [-0.1, -0.05) is 39.0 Å². The lowest BCUT2D eigenvalue weighted by molar-refractivity contribution is -0.707. The van der Waals surface area contributed by atoms with Gasteiger partial charge in [0.15, 0.2) is 0 Å². The summed E-state index contributed by atoms with van der Waals surface area (Å²) in [4.78, 5) is 0. The van der Waals surface area contributed by atoms with Crippen LogP contribution in [0.5, 0.6) is 0 Å². The van der Waals surface area contributed by atoms with Gasteiger partial charge in [0.2, 0.25) is 0 Å². The van der Waals surface area contributed by atoms with E-state index < -0.39 is 6.10 Å². The van der Waals surface area contributed by atoms with Gasteiger partial charge in [-0.2, -0.15) is 0 Å². The minimum absolute atomic E-state index is 0.208. The standard InChI is InChI=1S/C20H30FNO2/c1-19(2)15-8-9-20(19,3)18(10-15)22-11-16(23)13-24-12-14-6-4-5-7-17(14)21/h4-7,15-16,18,22-23H,8-13H2,1-3H3/p+1/t15-,16-,18+,20+/m0/s1. The van der Waals surface area contributed by atoms with Crippen LogP contribution in [0.3, 0.4) is 0 Å². The van der Waals surface area contributed by atoms with Crippen LogP contribution < -0.4 is 5.32 Å². The van der Waals surface area contributed by atoms with Crippen molar-refractivity contribution in [3.8, 4) is 0 Å². The highest BCUT2D eigenvalue weighted by molar-refractivity contribution is 5.16. The number of halogens is 1. The first-order valence-electron chi connectivity index (χ1n) is 9.17. The molecule has 1 aromatic rings. The van der Waals surface area contributed by atoms with Crippen molar-refractivity contribution < 1.29 is 19.6 Å². The largest absolute Gasteiger partial charge is 0.385 e. The van der Waals surface area contributed by atoms with Crippen molar-refractivity contribution in [2.75, 3.05) is 13.2 Å². The third-order valence-electron chi connectivity index (χ3n) is 7.08. The minimum Gasteiger partial charge on any atom is -0.385 e. The number of quaternary nitrogens is 1. The third-order valence-corrected chi connectivity index (χ3v) is 7.08. The molecule has 2 aliphatic rings. The van der Waals surface area contributed by atoms with Crippen molar-refractivity contribution >= 4 is 0 Å². The summed E-state index contributed by atoms with van der Waals surface area (Å²) in [5, 5.41) is 12.5. The van der Waals surface area contributed by atoms with E-state index in [-0.39, 0.29) is 19.0 Å². The van der Waals surface area contributed by atoms with Crippen LogP contribution in [0.2, 0.25) is 0 Å². The molecule has 0 unspecified atom stereocenters. The Hall–Kier alpha value is -0.970. The lowest BCUT2D eigenvalue weighted by Crippen LogP contribution is -2.94. The molecule has 2 saturated carbocycles. The van der Waals surface area contributed by atoms with Crippen LogP contribution in [-0.2, 0) is 11.3 Å². The Labute approximate surface area is 144 Å². The molecule has 4 heteroatoms. The molecule has 24 heavy (non-hydrogen) atoms. The molecule has 0 radical (unpaired) electrons. The number of fused-ring (bicyclic) bond motifs is 2. The second-order valence-corrected chi connectivity index (χ2v) is 8.45. The number of benzene rings is 1. The summed E-state index contributed by atoms with van der Waals surface area (Å²) in [6.07, 6.45) is 3.39. The number of nitrogens with two attached hydrogens (primary N) is 1. The molecule has 0 saturated heterocycles. The molecule has 3 N–H and O–H groups in total. The summed E-state index contributed by atoms with van der Waals surface area (Å²) in [6, 6.07) is 7.20. The number of hydrogen-bond acceptors (Lipinski definition) is 2. The Kier molecular flexibility index (Phi) is 5.01. The quantitative estimate of drug-likeness (QED) is 0.803. The molecule has 3 rings (SSSR count). The summed E-state index contributed by atoms with van der Waals surface area (Å²) < 4.78 is 19.0. The topological polar surface area (TPSA) is 46.1 Å². The van der Waals surface area contributed by atoms with Crippen molar-refractivity contribution in [2.45, 2.75) is 58.8 Å². The van der Waals surface area contributed by atoms with Crippen LogP contribution in [0.4, 0.5) is 4.39 Å². The molecule has 0 heterocycles. The van der Waals surface area contributed by atoms with Crippen LogP contribution in [0, 0.1) is 22.6 Å². The third kappa shape index (κ3) is 3.12. The molecule has 2 aliphatic carbocycles. The first kappa shape index (κ1) is 17.8. The maximum absolute atomic E-state index is 13.5. The van der Waals surface area contributed by atoms with Crippen LogP contribution >= 0.6 is 0 Å². The van der Waals surface area contributed by atoms with Gasteiger partial charge < -0.3 is 15.2 Å². The van der Waals surface area contributed by atoms with E-state index >= 15 is 0 Å². The predicted octanol–water partition coefficient (Wildman–Crippen LogP) is 2.48. The number of ether oxygens (including phenoxy) is 1. The van der Waals surface area contributed by atoms with Crippen molar-refractivity contribution in [3.63, 3.8) is 0 Å². The van der Waals surface area contributed by atoms with Gasteiger partial charge in [0, 0.05) is 17.4 Å². The zero-order valence-electron chi connectivity index (χ0n) is 15.1. The molecule has 3 nitrogen and oxygen atoms in total. The molecule has 0 aromatic heterocycles. The van der Waals surface area contributed by atoms with Gasteiger partial charge in [-0.3, -0.25) is 0 Å². The lowest BCUT2D eigenvalue weighted by atomic mass is 9.69. The molecular weight excluding hydrogens is 305 g/mol. The van der Waals surface area contributed by atoms with Gasteiger partial charge in [0.1, 0.15) is 18.5 Å². The molecular formula is C20H31FNO2+. The summed E-state index contributed by atoms with van der Waals surface area (Å²) in [5.41, 5.74) is 1.31. The Morgan fingerprint density at radius 2 is 2.08 bits per heavy atom. The predicted molar refractivity (Wildman–Crippen MR) is 91.9 cm³/mol. The number of rotatable bonds is 7. The van der Waals surface area contributed by atoms with E-state index in [0.29, 0.717) is 29.0 Å². The molecule has 0 spiro atoms. The zero-order chi connectivity index (χ0) is 17.4. The fraction of sp³-hybridized carbons (Fsp3) is 0.700. The second kappa shape index (κ2) is 6.74. The summed E-state index contributed by atoms with van der Waals surface area (Å²) in [5.74, 6) is 0.564. The van der Waals surface area contributed by atoms with Gasteiger partial charge in [0.05, 0.1) is 19.3 Å². The SMILES string of the molecule is CC1(C)[C@H]2CC[C@]1(C)[C@H]([NH2+]C[C@H](O)COCc1ccccc1F)C2. The van der Waals surface area contributed by atoms with Crippen molar-refractivity contribution in [3.05, 3.63) is 35.6 Å². The maximum atomic E-state index is 13.5. The highest BCUT2D eigenvalue weighted by atomic mass is 19.1. The minimum atomic E-state index is -0.511. The van der Waals surface area contributed by atoms with E-state index in [1.54, 1.807) is 18.2 Å². The molecule has 0 amide bonds. The number of aliphatic hydroxyl groups excluding tert-OH is 1. The fourth-order valence-corrected chi connectivity index (χ4v) is 4.93. The zero-order valence-corrected chi connectivity index (χ0v) is 15.1. The van der Waals surface area contributed by atoms with E-state index in [2.05, 4.69) is 26.1 Å². The molecule has 134 valence electrons. The van der Waals surface area contributed by atoms with Gasteiger partial charge in [-0.05, 0) is 30.2 Å². The first-order valence-corrected chi connectivity index (χ1v) is 9.17. The molecule has 1 aromatic carbocycles. The maximum Gasteiger partial charge on any atom is 0.128 e. The molecule has 2 bridgehead atoms. The monoisotopic (exact) mass is 336 g/mol. The van der Waals surface area contributed by atoms with Crippen molar-refractivity contribution in [1.29, 1.82) is 0 Å².